The molecule has 86 valence electrons. The molecule has 0 bridgehead atoms. The molecule has 1 aromatic rings. The van der Waals surface area contributed by atoms with Gasteiger partial charge in [0.05, 0.1) is 0 Å². The maximum absolute atomic E-state index is 3.75. The zero-order valence-corrected chi connectivity index (χ0v) is 10.4. The van der Waals surface area contributed by atoms with Gasteiger partial charge in [0.2, 0.25) is 0 Å². The van der Waals surface area contributed by atoms with E-state index in [0.717, 1.165) is 12.0 Å². The highest BCUT2D eigenvalue weighted by Crippen LogP contribution is 2.34. The Morgan fingerprint density at radius 3 is 2.81 bits per heavy atom. The van der Waals surface area contributed by atoms with Gasteiger partial charge in [-0.1, -0.05) is 24.3 Å². The molecule has 0 amide bonds. The maximum Gasteiger partial charge on any atom is 0.00830 e. The lowest BCUT2D eigenvalue weighted by atomic mass is 9.77. The minimum absolute atomic E-state index is 0.783. The Labute approximate surface area is 102 Å². The summed E-state index contributed by atoms with van der Waals surface area (Å²) >= 11 is 2.10. The van der Waals surface area contributed by atoms with Crippen molar-refractivity contribution in [1.29, 1.82) is 0 Å². The summed E-state index contributed by atoms with van der Waals surface area (Å²) in [6.07, 6.45) is 4.00. The molecule has 1 heterocycles. The summed E-state index contributed by atoms with van der Waals surface area (Å²) in [6, 6.07) is 9.67. The van der Waals surface area contributed by atoms with Crippen molar-refractivity contribution in [1.82, 2.24) is 5.32 Å². The third kappa shape index (κ3) is 2.14. The van der Waals surface area contributed by atoms with E-state index in [1.807, 2.05) is 0 Å². The lowest BCUT2D eigenvalue weighted by Crippen LogP contribution is -2.38. The van der Waals surface area contributed by atoms with Crippen LogP contribution in [0.2, 0.25) is 0 Å². The van der Waals surface area contributed by atoms with Gasteiger partial charge >= 0.3 is 0 Å². The van der Waals surface area contributed by atoms with Crippen LogP contribution in [0.5, 0.6) is 0 Å². The van der Waals surface area contributed by atoms with Crippen molar-refractivity contribution >= 4 is 11.8 Å². The third-order valence-corrected chi connectivity index (χ3v) is 4.88. The van der Waals surface area contributed by atoms with Crippen molar-refractivity contribution in [2.24, 2.45) is 0 Å². The van der Waals surface area contributed by atoms with Crippen molar-refractivity contribution in [2.75, 3.05) is 18.1 Å². The molecule has 16 heavy (non-hydrogen) atoms. The second-order valence-corrected chi connectivity index (χ2v) is 6.12. The van der Waals surface area contributed by atoms with Gasteiger partial charge in [0, 0.05) is 18.5 Å². The first kappa shape index (κ1) is 10.7. The number of hydrogen-bond acceptors (Lipinski definition) is 2. The topological polar surface area (TPSA) is 12.0 Å². The average molecular weight is 233 g/mol. The van der Waals surface area contributed by atoms with E-state index in [-0.39, 0.29) is 0 Å². The molecule has 1 aromatic carbocycles. The van der Waals surface area contributed by atoms with E-state index < -0.39 is 0 Å². The van der Waals surface area contributed by atoms with Gasteiger partial charge in [-0.3, -0.25) is 0 Å². The molecule has 1 fully saturated rings. The highest BCUT2D eigenvalue weighted by atomic mass is 32.2. The zero-order valence-electron chi connectivity index (χ0n) is 9.61. The molecule has 0 radical (unpaired) electrons. The molecule has 3 rings (SSSR count). The third-order valence-electron chi connectivity index (χ3n) is 3.84. The smallest absolute Gasteiger partial charge is 0.00830 e. The normalized spacial score (nSPS) is 24.9. The Morgan fingerprint density at radius 2 is 2.00 bits per heavy atom. The van der Waals surface area contributed by atoms with E-state index in [0.29, 0.717) is 0 Å². The molecular formula is C14H19NS. The van der Waals surface area contributed by atoms with Crippen molar-refractivity contribution < 1.29 is 0 Å². The van der Waals surface area contributed by atoms with Crippen LogP contribution in [-0.2, 0) is 6.42 Å². The molecule has 2 aliphatic rings. The Balaban J connectivity index is 1.50. The minimum Gasteiger partial charge on any atom is -0.313 e. The Hall–Kier alpha value is -0.470. The molecule has 0 aromatic heterocycles. The first-order chi connectivity index (χ1) is 7.93. The number of hydrogen-bond donors (Lipinski definition) is 1. The molecule has 1 aliphatic heterocycles. The summed E-state index contributed by atoms with van der Waals surface area (Å²) in [5.41, 5.74) is 3.15. The fourth-order valence-corrected chi connectivity index (χ4v) is 3.86. The number of thioether (sulfide) groups is 1. The molecule has 1 atom stereocenters. The summed E-state index contributed by atoms with van der Waals surface area (Å²) < 4.78 is 0. The second-order valence-electron chi connectivity index (χ2n) is 4.89. The summed E-state index contributed by atoms with van der Waals surface area (Å²) in [5, 5.41) is 3.75. The van der Waals surface area contributed by atoms with E-state index in [1.54, 1.807) is 11.1 Å². The summed E-state index contributed by atoms with van der Waals surface area (Å²) in [6.45, 7) is 1.19. The Morgan fingerprint density at radius 1 is 1.19 bits per heavy atom. The van der Waals surface area contributed by atoms with Gasteiger partial charge in [-0.15, -0.1) is 0 Å². The highest BCUT2D eigenvalue weighted by Gasteiger charge is 2.25. The van der Waals surface area contributed by atoms with Gasteiger partial charge in [-0.2, -0.15) is 11.8 Å². The largest absolute Gasteiger partial charge is 0.313 e. The van der Waals surface area contributed by atoms with Crippen LogP contribution < -0.4 is 5.32 Å². The Bertz CT molecular complexity index is 358. The van der Waals surface area contributed by atoms with Gasteiger partial charge in [-0.05, 0) is 41.9 Å². The molecule has 1 aliphatic carbocycles. The van der Waals surface area contributed by atoms with Gasteiger partial charge in [-0.25, -0.2) is 0 Å². The fourth-order valence-electron chi connectivity index (χ4n) is 2.76. The maximum atomic E-state index is 3.75. The minimum atomic E-state index is 0.783. The van der Waals surface area contributed by atoms with Gasteiger partial charge in [0.15, 0.2) is 0 Å². The van der Waals surface area contributed by atoms with Gasteiger partial charge in [0.1, 0.15) is 0 Å². The number of rotatable bonds is 3. The second kappa shape index (κ2) is 4.80. The van der Waals surface area contributed by atoms with Crippen LogP contribution in [-0.4, -0.2) is 24.1 Å². The van der Waals surface area contributed by atoms with Crippen LogP contribution in [0.1, 0.15) is 29.9 Å². The highest BCUT2D eigenvalue weighted by molar-refractivity contribution is 7.99. The van der Waals surface area contributed by atoms with Crippen molar-refractivity contribution in [3.8, 4) is 0 Å². The zero-order chi connectivity index (χ0) is 10.8. The van der Waals surface area contributed by atoms with Crippen LogP contribution in [0.4, 0.5) is 0 Å². The van der Waals surface area contributed by atoms with Crippen molar-refractivity contribution in [3.63, 3.8) is 0 Å². The Kier molecular flexibility index (Phi) is 3.20. The fraction of sp³-hybridized carbons (Fsp3) is 0.571. The van der Waals surface area contributed by atoms with Gasteiger partial charge in [0.25, 0.3) is 0 Å². The van der Waals surface area contributed by atoms with E-state index in [4.69, 9.17) is 0 Å². The first-order valence-corrected chi connectivity index (χ1v) is 7.48. The van der Waals surface area contributed by atoms with Crippen molar-refractivity contribution in [3.05, 3.63) is 35.4 Å². The lowest BCUT2D eigenvalue weighted by Gasteiger charge is -2.32. The summed E-state index contributed by atoms with van der Waals surface area (Å²) in [4.78, 5) is 0. The van der Waals surface area contributed by atoms with Crippen LogP contribution in [0, 0.1) is 0 Å². The van der Waals surface area contributed by atoms with Crippen LogP contribution in [0.25, 0.3) is 0 Å². The molecule has 2 heteroatoms. The molecule has 0 spiro atoms. The summed E-state index contributed by atoms with van der Waals surface area (Å²) in [5.74, 6) is 3.48. The van der Waals surface area contributed by atoms with Crippen molar-refractivity contribution in [2.45, 2.75) is 31.2 Å². The molecule has 1 nitrogen and oxygen atoms in total. The quantitative estimate of drug-likeness (QED) is 0.861. The van der Waals surface area contributed by atoms with E-state index >= 15 is 0 Å². The molecular weight excluding hydrogens is 214 g/mol. The number of fused-ring (bicyclic) bond motifs is 1. The molecule has 1 unspecified atom stereocenters. The average Bonchev–Trinajstić information content (AvgIpc) is 2.32. The van der Waals surface area contributed by atoms with Crippen LogP contribution in [0.3, 0.4) is 0 Å². The molecule has 1 saturated heterocycles. The number of nitrogens with one attached hydrogen (secondary N) is 1. The lowest BCUT2D eigenvalue weighted by molar-refractivity contribution is 0.440. The van der Waals surface area contributed by atoms with E-state index in [2.05, 4.69) is 41.3 Å². The molecule has 1 N–H and O–H groups in total. The number of benzene rings is 1. The monoisotopic (exact) mass is 233 g/mol. The summed E-state index contributed by atoms with van der Waals surface area (Å²) in [7, 11) is 0. The SMILES string of the molecule is c1ccc2c(c1)CC2CNC1CCSCC1. The predicted octanol–water partition coefficient (Wildman–Crippen LogP) is 2.81. The predicted molar refractivity (Wildman–Crippen MR) is 71.2 cm³/mol. The van der Waals surface area contributed by atoms with Crippen LogP contribution >= 0.6 is 11.8 Å². The first-order valence-electron chi connectivity index (χ1n) is 6.32. The van der Waals surface area contributed by atoms with Gasteiger partial charge < -0.3 is 5.32 Å². The molecule has 0 saturated carbocycles. The standard InChI is InChI=1S/C14H19NS/c1-2-4-14-11(3-1)9-12(14)10-15-13-5-7-16-8-6-13/h1-4,12-13,15H,5-10H2. The van der Waals surface area contributed by atoms with Crippen LogP contribution in [0.15, 0.2) is 24.3 Å². The van der Waals surface area contributed by atoms with E-state index in [1.165, 1.54) is 37.3 Å². The van der Waals surface area contributed by atoms with E-state index in [9.17, 15) is 0 Å².